The van der Waals surface area contributed by atoms with Crippen LogP contribution in [0.4, 0.5) is 0 Å². The molecule has 0 aliphatic carbocycles. The zero-order chi connectivity index (χ0) is 64.9. The summed E-state index contributed by atoms with van der Waals surface area (Å²) in [5.41, 5.74) is 0. The van der Waals surface area contributed by atoms with Gasteiger partial charge in [-0.3, -0.25) is 9.59 Å². The van der Waals surface area contributed by atoms with Gasteiger partial charge in [-0.05, 0) is 25.7 Å². The predicted molar refractivity (Wildman–Crippen MR) is 398 cm³/mol. The van der Waals surface area contributed by atoms with Gasteiger partial charge in [0, 0.05) is 12.8 Å². The largest absolute Gasteiger partial charge is 0.466 e. The Hall–Kier alpha value is -1.14. The van der Waals surface area contributed by atoms with Crippen LogP contribution in [0, 0.1) is 0 Å². The van der Waals surface area contributed by atoms with E-state index in [4.69, 9.17) is 4.74 Å². The highest BCUT2D eigenvalue weighted by molar-refractivity contribution is 5.76. The van der Waals surface area contributed by atoms with Gasteiger partial charge in [0.05, 0.1) is 25.4 Å². The third-order valence-corrected chi connectivity index (χ3v) is 20.4. The van der Waals surface area contributed by atoms with E-state index < -0.39 is 12.1 Å². The Morgan fingerprint density at radius 1 is 0.267 bits per heavy atom. The quantitative estimate of drug-likeness (QED) is 0.0417. The Morgan fingerprint density at radius 3 is 0.678 bits per heavy atom. The van der Waals surface area contributed by atoms with Crippen molar-refractivity contribution in [2.75, 3.05) is 13.2 Å². The van der Waals surface area contributed by atoms with Crippen molar-refractivity contribution in [3.05, 3.63) is 0 Å². The fourth-order valence-corrected chi connectivity index (χ4v) is 14.0. The zero-order valence-electron chi connectivity index (χ0n) is 61.9. The molecule has 0 aromatic rings. The molecule has 2 atom stereocenters. The van der Waals surface area contributed by atoms with Gasteiger partial charge >= 0.3 is 5.97 Å². The third-order valence-electron chi connectivity index (χ3n) is 20.4. The molecule has 0 aliphatic rings. The number of esters is 1. The summed E-state index contributed by atoms with van der Waals surface area (Å²) in [7, 11) is 0. The molecule has 0 bridgehead atoms. The summed E-state index contributed by atoms with van der Waals surface area (Å²) in [6, 6.07) is -0.538. The van der Waals surface area contributed by atoms with Gasteiger partial charge in [-0.2, -0.15) is 0 Å². The molecule has 0 rings (SSSR count). The highest BCUT2D eigenvalue weighted by atomic mass is 16.5. The van der Waals surface area contributed by atoms with Gasteiger partial charge in [-0.15, -0.1) is 0 Å². The molecule has 0 aliphatic heterocycles. The molecule has 6 nitrogen and oxygen atoms in total. The van der Waals surface area contributed by atoms with Crippen molar-refractivity contribution in [1.82, 2.24) is 5.32 Å². The Bertz CT molecular complexity index is 1320. The summed E-state index contributed by atoms with van der Waals surface area (Å²) in [4.78, 5) is 24.7. The van der Waals surface area contributed by atoms with E-state index in [0.29, 0.717) is 25.9 Å². The highest BCUT2D eigenvalue weighted by Crippen LogP contribution is 2.21. The van der Waals surface area contributed by atoms with Crippen molar-refractivity contribution in [2.45, 2.75) is 514 Å². The molecule has 0 heterocycles. The van der Waals surface area contributed by atoms with Gasteiger partial charge in [-0.25, -0.2) is 0 Å². The maximum Gasteiger partial charge on any atom is 0.305 e. The van der Waals surface area contributed by atoms with Crippen LogP contribution in [0.2, 0.25) is 0 Å². The van der Waals surface area contributed by atoms with Crippen molar-refractivity contribution in [3.8, 4) is 0 Å². The van der Waals surface area contributed by atoms with E-state index in [1.807, 2.05) is 0 Å². The summed E-state index contributed by atoms with van der Waals surface area (Å²) in [5.74, 6) is 0.00404. The van der Waals surface area contributed by atoms with Crippen LogP contribution in [0.25, 0.3) is 0 Å². The Labute approximate surface area is 566 Å². The molecule has 3 N–H and O–H groups in total. The van der Waals surface area contributed by atoms with Crippen LogP contribution in [0.1, 0.15) is 502 Å². The van der Waals surface area contributed by atoms with E-state index in [1.165, 1.54) is 430 Å². The molecule has 90 heavy (non-hydrogen) atoms. The second kappa shape index (κ2) is 80.3. The molecule has 6 heteroatoms. The smallest absolute Gasteiger partial charge is 0.305 e. The molecule has 0 spiro atoms. The molecule has 1 amide bonds. The second-order valence-corrected chi connectivity index (χ2v) is 29.5. The summed E-state index contributed by atoms with van der Waals surface area (Å²) in [6.45, 7) is 5.03. The maximum absolute atomic E-state index is 12.6. The first-order chi connectivity index (χ1) is 44.5. The number of unbranched alkanes of at least 4 members (excludes halogenated alkanes) is 70. The minimum Gasteiger partial charge on any atom is -0.466 e. The van der Waals surface area contributed by atoms with Crippen molar-refractivity contribution in [1.29, 1.82) is 0 Å². The number of rotatable bonds is 81. The summed E-state index contributed by atoms with van der Waals surface area (Å²) < 4.78 is 5.52. The van der Waals surface area contributed by atoms with Gasteiger partial charge in [0.15, 0.2) is 0 Å². The topological polar surface area (TPSA) is 95.9 Å². The summed E-state index contributed by atoms with van der Waals surface area (Å²) in [6.07, 6.45) is 101. The fourth-order valence-electron chi connectivity index (χ4n) is 14.0. The van der Waals surface area contributed by atoms with Crippen LogP contribution in [-0.4, -0.2) is 47.4 Å². The first-order valence-electron chi connectivity index (χ1n) is 42.3. The van der Waals surface area contributed by atoms with Crippen molar-refractivity contribution in [2.24, 2.45) is 0 Å². The zero-order valence-corrected chi connectivity index (χ0v) is 61.9. The van der Waals surface area contributed by atoms with Crippen LogP contribution >= 0.6 is 0 Å². The number of ether oxygens (including phenoxy) is 1. The average Bonchev–Trinajstić information content (AvgIpc) is 3.69. The van der Waals surface area contributed by atoms with Crippen molar-refractivity contribution in [3.63, 3.8) is 0 Å². The molecule has 0 aromatic heterocycles. The minimum atomic E-state index is -0.661. The number of amides is 1. The summed E-state index contributed by atoms with van der Waals surface area (Å²) >= 11 is 0. The van der Waals surface area contributed by atoms with E-state index >= 15 is 0 Å². The average molecular weight is 1270 g/mol. The lowest BCUT2D eigenvalue weighted by molar-refractivity contribution is -0.143. The number of aliphatic hydroxyl groups is 2. The monoisotopic (exact) mass is 1270 g/mol. The van der Waals surface area contributed by atoms with Gasteiger partial charge in [0.1, 0.15) is 0 Å². The van der Waals surface area contributed by atoms with Crippen molar-refractivity contribution < 1.29 is 24.5 Å². The SMILES string of the molecule is CCCCCCCCCCCCCCCCCCCCCCCCCC(O)C(CO)NC(=O)CCCCCCCCCCCCCCCCCCCCCCCCCCCCCCCCCCCOC(=O)CCCCCCCCCCCCCCCCCCC. The van der Waals surface area contributed by atoms with Crippen LogP contribution in [0.3, 0.4) is 0 Å². The first kappa shape index (κ1) is 88.9. The number of nitrogens with one attached hydrogen (secondary N) is 1. The van der Waals surface area contributed by atoms with E-state index in [2.05, 4.69) is 19.2 Å². The highest BCUT2D eigenvalue weighted by Gasteiger charge is 2.20. The molecule has 0 aromatic carbocycles. The first-order valence-corrected chi connectivity index (χ1v) is 42.3. The maximum atomic E-state index is 12.6. The van der Waals surface area contributed by atoms with E-state index in [1.54, 1.807) is 0 Å². The second-order valence-electron chi connectivity index (χ2n) is 29.5. The van der Waals surface area contributed by atoms with Gasteiger partial charge in [-0.1, -0.05) is 463 Å². The Morgan fingerprint density at radius 2 is 0.456 bits per heavy atom. The van der Waals surface area contributed by atoms with Crippen LogP contribution in [-0.2, 0) is 14.3 Å². The van der Waals surface area contributed by atoms with Crippen LogP contribution < -0.4 is 5.32 Å². The van der Waals surface area contributed by atoms with Gasteiger partial charge in [0.2, 0.25) is 5.91 Å². The van der Waals surface area contributed by atoms with Gasteiger partial charge in [0.25, 0.3) is 0 Å². The summed E-state index contributed by atoms with van der Waals surface area (Å²) in [5, 5.41) is 23.5. The number of carbonyl (C=O) groups excluding carboxylic acids is 2. The standard InChI is InChI=1S/C84H167NO5/c1-3-5-7-9-11-13-15-17-19-21-22-23-35-38-41-45-48-52-56-60-64-68-72-76-82(87)81(80-86)85-83(88)77-73-69-65-61-57-53-49-46-42-39-36-33-31-29-27-25-24-26-28-30-32-34-37-40-43-47-51-55-59-63-67-71-75-79-90-84(89)78-74-70-66-62-58-54-50-44-20-18-16-14-12-10-8-6-4-2/h81-82,86-87H,3-80H2,1-2H3,(H,85,88). The molecule has 0 saturated carbocycles. The number of hydrogen-bond acceptors (Lipinski definition) is 5. The molecule has 538 valence electrons. The molecular weight excluding hydrogens is 1100 g/mol. The number of carbonyl (C=O) groups is 2. The van der Waals surface area contributed by atoms with E-state index in [9.17, 15) is 19.8 Å². The lowest BCUT2D eigenvalue weighted by Gasteiger charge is -2.22. The van der Waals surface area contributed by atoms with E-state index in [0.717, 1.165) is 38.5 Å². The lowest BCUT2D eigenvalue weighted by atomic mass is 10.0. The number of aliphatic hydroxyl groups excluding tert-OH is 2. The number of hydrogen-bond donors (Lipinski definition) is 3. The predicted octanol–water partition coefficient (Wildman–Crippen LogP) is 28.1. The van der Waals surface area contributed by atoms with Crippen LogP contribution in [0.5, 0.6) is 0 Å². The Balaban J connectivity index is 3.31. The fraction of sp³-hybridized carbons (Fsp3) is 0.976. The molecular formula is C84H167NO5. The Kier molecular flexibility index (Phi) is 79.3. The van der Waals surface area contributed by atoms with E-state index in [-0.39, 0.29) is 18.5 Å². The van der Waals surface area contributed by atoms with Crippen molar-refractivity contribution >= 4 is 11.9 Å². The minimum absolute atomic E-state index is 0.0234. The normalized spacial score (nSPS) is 12.4. The molecule has 0 fully saturated rings. The molecule has 0 saturated heterocycles. The molecule has 2 unspecified atom stereocenters. The lowest BCUT2D eigenvalue weighted by Crippen LogP contribution is -2.45. The molecule has 0 radical (unpaired) electrons. The van der Waals surface area contributed by atoms with Gasteiger partial charge < -0.3 is 20.3 Å². The van der Waals surface area contributed by atoms with Crippen LogP contribution in [0.15, 0.2) is 0 Å². The third kappa shape index (κ3) is 75.9.